The van der Waals surface area contributed by atoms with Crippen LogP contribution in [0.4, 0.5) is 0 Å². The molecule has 14 nitrogen and oxygen atoms in total. The van der Waals surface area contributed by atoms with Crippen LogP contribution in [0, 0.1) is 0 Å². The van der Waals surface area contributed by atoms with E-state index in [1.165, 1.54) is 11.9 Å². The number of carbonyl (C=O) groups is 4. The van der Waals surface area contributed by atoms with Crippen LogP contribution in [0.3, 0.4) is 0 Å². The Morgan fingerprint density at radius 3 is 2.39 bits per heavy atom. The van der Waals surface area contributed by atoms with Crippen LogP contribution in [-0.2, 0) is 32.0 Å². The molecule has 2 aromatic carbocycles. The van der Waals surface area contributed by atoms with Crippen molar-refractivity contribution in [2.45, 2.75) is 62.4 Å². The number of hydrogen-bond donors (Lipinski definition) is 9. The molecular weight excluding hydrogens is 628 g/mol. The molecular formula is C35H54N8O6. The Bertz CT molecular complexity index is 1410. The number of aliphatic hydroxyl groups is 1. The van der Waals surface area contributed by atoms with E-state index in [0.717, 1.165) is 16.7 Å². The summed E-state index contributed by atoms with van der Waals surface area (Å²) in [6, 6.07) is 8.84. The maximum Gasteiger partial charge on any atom is 0.245 e. The van der Waals surface area contributed by atoms with Gasteiger partial charge in [-0.2, -0.15) is 0 Å². The molecule has 1 heterocycles. The highest BCUT2D eigenvalue weighted by atomic mass is 16.3. The van der Waals surface area contributed by atoms with E-state index in [1.54, 1.807) is 33.3 Å². The highest BCUT2D eigenvalue weighted by molar-refractivity contribution is 5.95. The molecule has 0 unspecified atom stereocenters. The summed E-state index contributed by atoms with van der Waals surface area (Å²) in [5, 5.41) is 41.9. The summed E-state index contributed by atoms with van der Waals surface area (Å²) < 4.78 is 0. The summed E-state index contributed by atoms with van der Waals surface area (Å²) in [7, 11) is 8.37. The van der Waals surface area contributed by atoms with Gasteiger partial charge in [0.1, 0.15) is 23.9 Å². The number of aromatic hydroxyl groups is 1. The molecule has 5 atom stereocenters. The van der Waals surface area contributed by atoms with E-state index in [1.807, 2.05) is 37.4 Å². The molecule has 0 fully saturated rings. The van der Waals surface area contributed by atoms with Gasteiger partial charge in [0, 0.05) is 45.9 Å². The van der Waals surface area contributed by atoms with E-state index >= 15 is 0 Å². The number of phenolic OH excluding ortho intramolecular Hbond substituents is 1. The van der Waals surface area contributed by atoms with Gasteiger partial charge < -0.3 is 52.3 Å². The fraction of sp³-hybridized carbons (Fsp3) is 0.543. The Morgan fingerprint density at radius 2 is 1.69 bits per heavy atom. The molecule has 0 saturated carbocycles. The number of carbonyl (C=O) groups excluding carboxylic acids is 4. The average Bonchev–Trinajstić information content (AvgIpc) is 3.08. The van der Waals surface area contributed by atoms with Crippen molar-refractivity contribution in [3.05, 3.63) is 53.6 Å². The molecule has 1 aliphatic heterocycles. The second-order valence-corrected chi connectivity index (χ2v) is 12.5. The summed E-state index contributed by atoms with van der Waals surface area (Å²) in [5.74, 6) is -1.89. The molecule has 0 spiro atoms. The number of likely N-dealkylation sites (N-methyl/N-ethyl adjacent to an activating group) is 4. The third-order valence-electron chi connectivity index (χ3n) is 8.76. The van der Waals surface area contributed by atoms with Gasteiger partial charge in [0.15, 0.2) is 0 Å². The van der Waals surface area contributed by atoms with Crippen molar-refractivity contribution in [1.29, 1.82) is 0 Å². The van der Waals surface area contributed by atoms with E-state index in [0.29, 0.717) is 38.0 Å². The van der Waals surface area contributed by atoms with Gasteiger partial charge in [0.2, 0.25) is 23.6 Å². The van der Waals surface area contributed by atoms with Crippen molar-refractivity contribution in [2.75, 3.05) is 61.4 Å². The number of fused-ring (bicyclic) bond motifs is 5. The molecule has 270 valence electrons. The van der Waals surface area contributed by atoms with Crippen molar-refractivity contribution < 1.29 is 29.4 Å². The van der Waals surface area contributed by atoms with Gasteiger partial charge in [-0.1, -0.05) is 30.3 Å². The van der Waals surface area contributed by atoms with E-state index in [4.69, 9.17) is 0 Å². The van der Waals surface area contributed by atoms with Crippen molar-refractivity contribution in [3.8, 4) is 16.9 Å². The lowest BCUT2D eigenvalue weighted by Gasteiger charge is -2.33. The largest absolute Gasteiger partial charge is 0.508 e. The Balaban J connectivity index is 2.09. The zero-order chi connectivity index (χ0) is 35.9. The third kappa shape index (κ3) is 11.5. The number of benzene rings is 2. The number of amides is 4. The summed E-state index contributed by atoms with van der Waals surface area (Å²) in [4.78, 5) is 56.6. The molecule has 4 bridgehead atoms. The minimum Gasteiger partial charge on any atom is -0.508 e. The molecule has 0 radical (unpaired) electrons. The van der Waals surface area contributed by atoms with Gasteiger partial charge in [-0.3, -0.25) is 19.2 Å². The first kappa shape index (κ1) is 39.4. The van der Waals surface area contributed by atoms with Gasteiger partial charge >= 0.3 is 0 Å². The molecule has 9 N–H and O–H groups in total. The van der Waals surface area contributed by atoms with E-state index in [2.05, 4.69) is 37.2 Å². The molecule has 3 rings (SSSR count). The summed E-state index contributed by atoms with van der Waals surface area (Å²) in [6.07, 6.45) is 0.148. The second-order valence-electron chi connectivity index (χ2n) is 12.5. The fourth-order valence-corrected chi connectivity index (χ4v) is 5.92. The maximum atomic E-state index is 14.3. The van der Waals surface area contributed by atoms with Crippen molar-refractivity contribution in [1.82, 2.24) is 42.1 Å². The maximum absolute atomic E-state index is 14.3. The van der Waals surface area contributed by atoms with Crippen LogP contribution in [0.25, 0.3) is 11.1 Å². The number of nitrogens with zero attached hydrogens (tertiary/aromatic N) is 1. The summed E-state index contributed by atoms with van der Waals surface area (Å²) in [5.41, 5.74) is 2.93. The minimum atomic E-state index is -1.18. The fourth-order valence-electron chi connectivity index (χ4n) is 5.92. The summed E-state index contributed by atoms with van der Waals surface area (Å²) >= 11 is 0. The molecule has 0 aromatic heterocycles. The van der Waals surface area contributed by atoms with Crippen molar-refractivity contribution >= 4 is 23.6 Å². The standard InChI is InChI=1S/C35H54N8O6/c1-36-13-7-10-27(32(46)40-15-14-37-2)41-34(48)30-17-22-8-6-9-23(16-22)24-11-12-31(45)25(18-24)19-28(39-4)33(47)42-29(35(49)43(30)5)20-26(44)21-38-3/h6,8-9,11-12,16,18,26-30,36-39,44-45H,7,10,13-15,17,19-21H2,1-5H3,(H,40,46)(H,41,48)(H,42,47)/t26-,27+,28+,29+,30+/m1/s1. The van der Waals surface area contributed by atoms with Gasteiger partial charge in [-0.25, -0.2) is 0 Å². The van der Waals surface area contributed by atoms with Crippen molar-refractivity contribution in [3.63, 3.8) is 0 Å². The van der Waals surface area contributed by atoms with Gasteiger partial charge in [0.05, 0.1) is 12.1 Å². The Hall–Kier alpha value is -4.08. The monoisotopic (exact) mass is 682 g/mol. The van der Waals surface area contributed by atoms with Gasteiger partial charge in [-0.15, -0.1) is 0 Å². The Labute approximate surface area is 289 Å². The van der Waals surface area contributed by atoms with Crippen LogP contribution in [0.2, 0.25) is 0 Å². The molecule has 1 aliphatic rings. The van der Waals surface area contributed by atoms with Crippen LogP contribution < -0.4 is 37.2 Å². The van der Waals surface area contributed by atoms with Crippen LogP contribution in [-0.4, -0.2) is 130 Å². The quantitative estimate of drug-likeness (QED) is 0.104. The second kappa shape index (κ2) is 19.8. The molecule has 2 aromatic rings. The number of aliphatic hydroxyl groups excluding tert-OH is 1. The predicted molar refractivity (Wildman–Crippen MR) is 189 cm³/mol. The number of phenols is 1. The zero-order valence-corrected chi connectivity index (χ0v) is 29.3. The van der Waals surface area contributed by atoms with Crippen LogP contribution in [0.5, 0.6) is 5.75 Å². The van der Waals surface area contributed by atoms with Crippen molar-refractivity contribution in [2.24, 2.45) is 0 Å². The Morgan fingerprint density at radius 1 is 0.959 bits per heavy atom. The van der Waals surface area contributed by atoms with E-state index in [9.17, 15) is 29.4 Å². The molecule has 0 saturated heterocycles. The highest BCUT2D eigenvalue weighted by Gasteiger charge is 2.36. The third-order valence-corrected chi connectivity index (χ3v) is 8.76. The Kier molecular flexibility index (Phi) is 15.9. The number of rotatable bonds is 15. The van der Waals surface area contributed by atoms with Crippen LogP contribution in [0.15, 0.2) is 42.5 Å². The van der Waals surface area contributed by atoms with E-state index in [-0.39, 0.29) is 37.5 Å². The molecule has 0 aliphatic carbocycles. The first-order chi connectivity index (χ1) is 23.5. The lowest BCUT2D eigenvalue weighted by molar-refractivity contribution is -0.143. The van der Waals surface area contributed by atoms with Gasteiger partial charge in [0.25, 0.3) is 0 Å². The lowest BCUT2D eigenvalue weighted by Crippen LogP contribution is -2.59. The average molecular weight is 683 g/mol. The summed E-state index contributed by atoms with van der Waals surface area (Å²) in [6.45, 7) is 1.76. The van der Waals surface area contributed by atoms with Crippen LogP contribution in [0.1, 0.15) is 30.4 Å². The number of nitrogens with one attached hydrogen (secondary N) is 7. The lowest BCUT2D eigenvalue weighted by atomic mass is 9.95. The van der Waals surface area contributed by atoms with Gasteiger partial charge in [-0.05, 0) is 82.0 Å². The topological polar surface area (TPSA) is 196 Å². The molecule has 4 amide bonds. The minimum absolute atomic E-state index is 0.0325. The first-order valence-corrected chi connectivity index (χ1v) is 16.9. The zero-order valence-electron chi connectivity index (χ0n) is 29.3. The molecule has 14 heteroatoms. The SMILES string of the molecule is CNCCC[C@H](NC(=O)[C@@H]1Cc2cccc(c2)-c2ccc(O)c(c2)C[C@H](NC)C(=O)N[C@@H](C[C@@H](O)CNC)C(=O)N1C)C(=O)NCCNC. The predicted octanol–water partition coefficient (Wildman–Crippen LogP) is -1.15. The highest BCUT2D eigenvalue weighted by Crippen LogP contribution is 2.28. The van der Waals surface area contributed by atoms with Crippen LogP contribution >= 0.6 is 0 Å². The van der Waals surface area contributed by atoms with E-state index < -0.39 is 48.0 Å². The number of hydrogen-bond acceptors (Lipinski definition) is 10. The first-order valence-electron chi connectivity index (χ1n) is 16.9. The smallest absolute Gasteiger partial charge is 0.245 e. The molecule has 49 heavy (non-hydrogen) atoms. The normalized spacial score (nSPS) is 19.6.